The number of carbonyl (C=O) groups is 1. The minimum Gasteiger partial charge on any atom is -0.303 e. The Labute approximate surface area is 99.4 Å². The standard InChI is InChI=1S/C14H25NO/c1-2-12-6-9-15(10-7-12)11-8-13-4-3-5-14(13)16/h12-13H,2-11H2,1H3. The number of nitrogens with zero attached hydrogens (tertiary/aromatic N) is 1. The quantitative estimate of drug-likeness (QED) is 0.730. The van der Waals surface area contributed by atoms with Crippen molar-refractivity contribution in [3.8, 4) is 0 Å². The molecule has 1 saturated carbocycles. The van der Waals surface area contributed by atoms with Crippen LogP contribution in [0.1, 0.15) is 51.9 Å². The third kappa shape index (κ3) is 3.07. The van der Waals surface area contributed by atoms with Crippen molar-refractivity contribution in [3.05, 3.63) is 0 Å². The van der Waals surface area contributed by atoms with Crippen molar-refractivity contribution in [1.29, 1.82) is 0 Å². The molecular formula is C14H25NO. The average Bonchev–Trinajstić information content (AvgIpc) is 2.73. The minimum atomic E-state index is 0.406. The van der Waals surface area contributed by atoms with Gasteiger partial charge in [0.05, 0.1) is 0 Å². The number of likely N-dealkylation sites (tertiary alicyclic amines) is 1. The number of hydrogen-bond donors (Lipinski definition) is 0. The van der Waals surface area contributed by atoms with E-state index in [2.05, 4.69) is 11.8 Å². The van der Waals surface area contributed by atoms with E-state index >= 15 is 0 Å². The molecule has 16 heavy (non-hydrogen) atoms. The van der Waals surface area contributed by atoms with Crippen LogP contribution in [-0.4, -0.2) is 30.3 Å². The number of hydrogen-bond acceptors (Lipinski definition) is 2. The first kappa shape index (κ1) is 12.1. The zero-order valence-corrected chi connectivity index (χ0v) is 10.6. The van der Waals surface area contributed by atoms with Crippen LogP contribution in [0.15, 0.2) is 0 Å². The summed E-state index contributed by atoms with van der Waals surface area (Å²) >= 11 is 0. The summed E-state index contributed by atoms with van der Waals surface area (Å²) < 4.78 is 0. The summed E-state index contributed by atoms with van der Waals surface area (Å²) in [5, 5.41) is 0. The van der Waals surface area contributed by atoms with E-state index in [-0.39, 0.29) is 0 Å². The fourth-order valence-electron chi connectivity index (χ4n) is 3.15. The largest absolute Gasteiger partial charge is 0.303 e. The highest BCUT2D eigenvalue weighted by Crippen LogP contribution is 2.26. The molecule has 2 aliphatic rings. The molecule has 0 amide bonds. The Morgan fingerprint density at radius 1 is 1.25 bits per heavy atom. The predicted molar refractivity (Wildman–Crippen MR) is 66.4 cm³/mol. The highest BCUT2D eigenvalue weighted by Gasteiger charge is 2.25. The molecule has 92 valence electrons. The molecule has 0 aromatic heterocycles. The van der Waals surface area contributed by atoms with Gasteiger partial charge in [0.15, 0.2) is 0 Å². The number of ketones is 1. The molecule has 0 radical (unpaired) electrons. The summed E-state index contributed by atoms with van der Waals surface area (Å²) in [4.78, 5) is 14.1. The van der Waals surface area contributed by atoms with E-state index in [1.165, 1.54) is 32.4 Å². The third-order valence-corrected chi connectivity index (χ3v) is 4.51. The zero-order chi connectivity index (χ0) is 11.4. The van der Waals surface area contributed by atoms with Crippen molar-refractivity contribution < 1.29 is 4.79 Å². The van der Waals surface area contributed by atoms with Gasteiger partial charge in [-0.15, -0.1) is 0 Å². The summed E-state index contributed by atoms with van der Waals surface area (Å²) in [6, 6.07) is 0. The van der Waals surface area contributed by atoms with Crippen LogP contribution in [0.2, 0.25) is 0 Å². The van der Waals surface area contributed by atoms with Gasteiger partial charge in [0.2, 0.25) is 0 Å². The van der Waals surface area contributed by atoms with Gasteiger partial charge in [-0.3, -0.25) is 4.79 Å². The van der Waals surface area contributed by atoms with Crippen molar-refractivity contribution in [2.24, 2.45) is 11.8 Å². The second-order valence-electron chi connectivity index (χ2n) is 5.54. The molecule has 0 aromatic rings. The molecule has 1 aliphatic carbocycles. The third-order valence-electron chi connectivity index (χ3n) is 4.51. The summed E-state index contributed by atoms with van der Waals surface area (Å²) in [6.07, 6.45) is 8.35. The molecule has 0 spiro atoms. The van der Waals surface area contributed by atoms with E-state index in [1.54, 1.807) is 0 Å². The van der Waals surface area contributed by atoms with Crippen molar-refractivity contribution in [2.45, 2.75) is 51.9 Å². The van der Waals surface area contributed by atoms with Crippen LogP contribution in [0.5, 0.6) is 0 Å². The molecule has 2 fully saturated rings. The minimum absolute atomic E-state index is 0.406. The van der Waals surface area contributed by atoms with Gasteiger partial charge < -0.3 is 4.90 Å². The van der Waals surface area contributed by atoms with Gasteiger partial charge in [0, 0.05) is 12.3 Å². The Morgan fingerprint density at radius 3 is 2.56 bits per heavy atom. The molecule has 1 aliphatic heterocycles. The van der Waals surface area contributed by atoms with Crippen molar-refractivity contribution >= 4 is 5.78 Å². The van der Waals surface area contributed by atoms with Crippen molar-refractivity contribution in [3.63, 3.8) is 0 Å². The maximum Gasteiger partial charge on any atom is 0.136 e. The topological polar surface area (TPSA) is 20.3 Å². The first-order valence-electron chi connectivity index (χ1n) is 7.04. The van der Waals surface area contributed by atoms with Gasteiger partial charge in [-0.2, -0.15) is 0 Å². The lowest BCUT2D eigenvalue weighted by atomic mass is 9.94. The van der Waals surface area contributed by atoms with Gasteiger partial charge in [-0.05, 0) is 57.7 Å². The second kappa shape index (κ2) is 5.81. The van der Waals surface area contributed by atoms with Crippen LogP contribution in [0.25, 0.3) is 0 Å². The first-order chi connectivity index (χ1) is 7.79. The van der Waals surface area contributed by atoms with Gasteiger partial charge in [-0.25, -0.2) is 0 Å². The van der Waals surface area contributed by atoms with Gasteiger partial charge >= 0.3 is 0 Å². The van der Waals surface area contributed by atoms with Crippen LogP contribution in [0.3, 0.4) is 0 Å². The van der Waals surface area contributed by atoms with Crippen LogP contribution in [0, 0.1) is 11.8 Å². The lowest BCUT2D eigenvalue weighted by molar-refractivity contribution is -0.120. The van der Waals surface area contributed by atoms with E-state index in [1.807, 2.05) is 0 Å². The highest BCUT2D eigenvalue weighted by atomic mass is 16.1. The van der Waals surface area contributed by atoms with E-state index in [0.717, 1.165) is 38.1 Å². The maximum absolute atomic E-state index is 11.5. The van der Waals surface area contributed by atoms with E-state index < -0.39 is 0 Å². The Hall–Kier alpha value is -0.370. The number of piperidine rings is 1. The normalized spacial score (nSPS) is 28.8. The number of Topliss-reactive ketones (excluding diaryl/α,β-unsaturated/α-hetero) is 1. The predicted octanol–water partition coefficient (Wildman–Crippen LogP) is 2.87. The van der Waals surface area contributed by atoms with E-state index in [4.69, 9.17) is 0 Å². The number of rotatable bonds is 4. The van der Waals surface area contributed by atoms with Gasteiger partial charge in [0.25, 0.3) is 0 Å². The molecule has 0 bridgehead atoms. The molecule has 1 atom stereocenters. The Morgan fingerprint density at radius 2 is 2.00 bits per heavy atom. The first-order valence-corrected chi connectivity index (χ1v) is 7.04. The van der Waals surface area contributed by atoms with Crippen LogP contribution in [-0.2, 0) is 4.79 Å². The molecule has 2 rings (SSSR count). The van der Waals surface area contributed by atoms with Gasteiger partial charge in [-0.1, -0.05) is 13.3 Å². The maximum atomic E-state index is 11.5. The molecule has 1 unspecified atom stereocenters. The SMILES string of the molecule is CCC1CCN(CCC2CCCC2=O)CC1. The molecule has 2 heteroatoms. The molecule has 1 heterocycles. The van der Waals surface area contributed by atoms with Crippen LogP contribution in [0.4, 0.5) is 0 Å². The lowest BCUT2D eigenvalue weighted by Gasteiger charge is -2.31. The Kier molecular flexibility index (Phi) is 4.39. The van der Waals surface area contributed by atoms with Crippen molar-refractivity contribution in [2.75, 3.05) is 19.6 Å². The average molecular weight is 223 g/mol. The summed E-state index contributed by atoms with van der Waals surface area (Å²) in [6.45, 7) is 5.99. The number of carbonyl (C=O) groups excluding carboxylic acids is 1. The van der Waals surface area contributed by atoms with Crippen molar-refractivity contribution in [1.82, 2.24) is 4.90 Å². The van der Waals surface area contributed by atoms with Crippen LogP contribution >= 0.6 is 0 Å². The molecule has 1 saturated heterocycles. The summed E-state index contributed by atoms with van der Waals surface area (Å²) in [7, 11) is 0. The molecule has 0 aromatic carbocycles. The van der Waals surface area contributed by atoms with E-state index in [9.17, 15) is 4.79 Å². The second-order valence-corrected chi connectivity index (χ2v) is 5.54. The molecule has 2 nitrogen and oxygen atoms in total. The fraction of sp³-hybridized carbons (Fsp3) is 0.929. The zero-order valence-electron chi connectivity index (χ0n) is 10.6. The molecule has 0 N–H and O–H groups in total. The Balaban J connectivity index is 1.65. The Bertz CT molecular complexity index is 231. The monoisotopic (exact) mass is 223 g/mol. The smallest absolute Gasteiger partial charge is 0.136 e. The highest BCUT2D eigenvalue weighted by molar-refractivity contribution is 5.82. The summed E-state index contributed by atoms with van der Waals surface area (Å²) in [5.74, 6) is 1.90. The summed E-state index contributed by atoms with van der Waals surface area (Å²) in [5.41, 5.74) is 0. The fourth-order valence-corrected chi connectivity index (χ4v) is 3.15. The van der Waals surface area contributed by atoms with E-state index in [0.29, 0.717) is 11.7 Å². The molecular weight excluding hydrogens is 198 g/mol. The lowest BCUT2D eigenvalue weighted by Crippen LogP contribution is -2.35. The van der Waals surface area contributed by atoms with Crippen LogP contribution < -0.4 is 0 Å². The van der Waals surface area contributed by atoms with Gasteiger partial charge in [0.1, 0.15) is 5.78 Å².